The molecule has 0 radical (unpaired) electrons. The van der Waals surface area contributed by atoms with E-state index in [1.807, 2.05) is 30.3 Å². The quantitative estimate of drug-likeness (QED) is 0.464. The minimum absolute atomic E-state index is 0. The van der Waals surface area contributed by atoms with Gasteiger partial charge in [-0.2, -0.15) is 0 Å². The van der Waals surface area contributed by atoms with Crippen LogP contribution in [0, 0.1) is 0 Å². The number of ether oxygens (including phenoxy) is 2. The molecule has 2 rings (SSSR count). The van der Waals surface area contributed by atoms with Crippen molar-refractivity contribution in [2.75, 3.05) is 19.8 Å². The monoisotopic (exact) mass is 349 g/mol. The van der Waals surface area contributed by atoms with E-state index in [9.17, 15) is 4.79 Å². The van der Waals surface area contributed by atoms with Crippen molar-refractivity contribution in [3.8, 4) is 5.75 Å². The Kier molecular flexibility index (Phi) is 9.58. The van der Waals surface area contributed by atoms with E-state index < -0.39 is 0 Å². The van der Waals surface area contributed by atoms with Gasteiger partial charge in [0.2, 0.25) is 0 Å². The van der Waals surface area contributed by atoms with E-state index in [0.29, 0.717) is 12.4 Å². The Balaban J connectivity index is 0.00000288. The number of esters is 1. The van der Waals surface area contributed by atoms with E-state index in [1.165, 1.54) is 11.1 Å². The molecule has 0 aliphatic rings. The highest BCUT2D eigenvalue weighted by Gasteiger charge is 2.03. The molecule has 2 aromatic rings. The summed E-state index contributed by atoms with van der Waals surface area (Å²) < 4.78 is 10.2. The van der Waals surface area contributed by atoms with E-state index in [2.05, 4.69) is 29.6 Å². The first-order chi connectivity index (χ1) is 11.3. The fraction of sp³-hybridized carbons (Fsp3) is 0.316. The molecule has 0 saturated carbocycles. The zero-order valence-electron chi connectivity index (χ0n) is 13.9. The summed E-state index contributed by atoms with van der Waals surface area (Å²) in [5.41, 5.74) is 2.60. The van der Waals surface area contributed by atoms with Crippen molar-refractivity contribution in [1.29, 1.82) is 0 Å². The van der Waals surface area contributed by atoms with Gasteiger partial charge in [-0.05, 0) is 24.6 Å². The molecule has 0 spiro atoms. The lowest BCUT2D eigenvalue weighted by Crippen LogP contribution is -3.00. The highest BCUT2D eigenvalue weighted by Crippen LogP contribution is 2.12. The predicted molar refractivity (Wildman–Crippen MR) is 89.2 cm³/mol. The lowest BCUT2D eigenvalue weighted by molar-refractivity contribution is -0.670. The molecular formula is C19H24ClNO3. The number of quaternary nitrogens is 1. The van der Waals surface area contributed by atoms with Gasteiger partial charge in [0.15, 0.2) is 6.61 Å². The number of carbonyl (C=O) groups excluding carboxylic acids is 1. The molecule has 0 fully saturated rings. The normalized spacial score (nSPS) is 9.88. The fourth-order valence-electron chi connectivity index (χ4n) is 2.25. The first kappa shape index (κ1) is 20.0. The van der Waals surface area contributed by atoms with Gasteiger partial charge in [0.25, 0.3) is 0 Å². The SMILES string of the molecule is CCOC(=O)COc1ccc(CC[NH2+]Cc2ccccc2)cc1.[Cl-]. The van der Waals surface area contributed by atoms with E-state index in [0.717, 1.165) is 19.5 Å². The van der Waals surface area contributed by atoms with Gasteiger partial charge in [0.1, 0.15) is 12.3 Å². The van der Waals surface area contributed by atoms with E-state index in [-0.39, 0.29) is 25.0 Å². The maximum Gasteiger partial charge on any atom is 0.344 e. The zero-order chi connectivity index (χ0) is 16.3. The molecule has 130 valence electrons. The number of hydrogen-bond acceptors (Lipinski definition) is 3. The van der Waals surface area contributed by atoms with Gasteiger partial charge >= 0.3 is 5.97 Å². The second-order valence-corrected chi connectivity index (χ2v) is 5.25. The summed E-state index contributed by atoms with van der Waals surface area (Å²) in [6.07, 6.45) is 1.00. The van der Waals surface area contributed by atoms with Crippen LogP contribution in [-0.2, 0) is 22.5 Å². The minimum Gasteiger partial charge on any atom is -1.00 e. The van der Waals surface area contributed by atoms with Crippen molar-refractivity contribution in [1.82, 2.24) is 0 Å². The lowest BCUT2D eigenvalue weighted by atomic mass is 10.1. The average molecular weight is 350 g/mol. The molecule has 0 heterocycles. The van der Waals surface area contributed by atoms with E-state index >= 15 is 0 Å². The first-order valence-electron chi connectivity index (χ1n) is 8.01. The smallest absolute Gasteiger partial charge is 0.344 e. The van der Waals surface area contributed by atoms with Crippen molar-refractivity contribution in [2.45, 2.75) is 19.9 Å². The standard InChI is InChI=1S/C19H23NO3.ClH/c1-2-22-19(21)15-23-18-10-8-16(9-11-18)12-13-20-14-17-6-4-3-5-7-17;/h3-11,20H,2,12-15H2,1H3;1H. The third-order valence-corrected chi connectivity index (χ3v) is 3.45. The second kappa shape index (κ2) is 11.5. The molecule has 0 aliphatic carbocycles. The molecule has 0 bridgehead atoms. The Morgan fingerprint density at radius 2 is 1.71 bits per heavy atom. The molecule has 0 unspecified atom stereocenters. The van der Waals surface area contributed by atoms with Crippen LogP contribution in [0.4, 0.5) is 0 Å². The van der Waals surface area contributed by atoms with Crippen LogP contribution in [0.2, 0.25) is 0 Å². The average Bonchev–Trinajstić information content (AvgIpc) is 2.59. The predicted octanol–water partition coefficient (Wildman–Crippen LogP) is -1.06. The number of halogens is 1. The van der Waals surface area contributed by atoms with Crippen molar-refractivity contribution in [3.63, 3.8) is 0 Å². The maximum atomic E-state index is 11.2. The van der Waals surface area contributed by atoms with Crippen molar-refractivity contribution in [2.24, 2.45) is 0 Å². The Morgan fingerprint density at radius 3 is 2.38 bits per heavy atom. The van der Waals surface area contributed by atoms with Crippen molar-refractivity contribution >= 4 is 5.97 Å². The van der Waals surface area contributed by atoms with Crippen molar-refractivity contribution in [3.05, 3.63) is 65.7 Å². The Labute approximate surface area is 149 Å². The second-order valence-electron chi connectivity index (χ2n) is 5.25. The Morgan fingerprint density at radius 1 is 1.00 bits per heavy atom. The van der Waals surface area contributed by atoms with E-state index in [1.54, 1.807) is 6.92 Å². The van der Waals surface area contributed by atoms with Crippen LogP contribution in [0.15, 0.2) is 54.6 Å². The maximum absolute atomic E-state index is 11.2. The molecular weight excluding hydrogens is 326 g/mol. The number of rotatable bonds is 9. The van der Waals surface area contributed by atoms with Crippen LogP contribution in [0.25, 0.3) is 0 Å². The number of hydrogen-bond donors (Lipinski definition) is 1. The largest absolute Gasteiger partial charge is 1.00 e. The number of nitrogens with two attached hydrogens (primary N) is 1. The summed E-state index contributed by atoms with van der Waals surface area (Å²) in [5, 5.41) is 2.31. The summed E-state index contributed by atoms with van der Waals surface area (Å²) in [4.78, 5) is 11.2. The zero-order valence-corrected chi connectivity index (χ0v) is 14.7. The summed E-state index contributed by atoms with van der Waals surface area (Å²) in [6.45, 7) is 4.15. The molecule has 2 aromatic carbocycles. The van der Waals surface area contributed by atoms with Gasteiger partial charge in [-0.3, -0.25) is 0 Å². The third-order valence-electron chi connectivity index (χ3n) is 3.45. The molecule has 0 amide bonds. The molecule has 0 atom stereocenters. The van der Waals surface area contributed by atoms with Gasteiger partial charge < -0.3 is 27.2 Å². The van der Waals surface area contributed by atoms with Crippen LogP contribution in [0.1, 0.15) is 18.1 Å². The van der Waals surface area contributed by atoms with Crippen LogP contribution >= 0.6 is 0 Å². The van der Waals surface area contributed by atoms with Gasteiger partial charge in [-0.1, -0.05) is 42.5 Å². The summed E-state index contributed by atoms with van der Waals surface area (Å²) >= 11 is 0. The minimum atomic E-state index is -0.341. The molecule has 24 heavy (non-hydrogen) atoms. The van der Waals surface area contributed by atoms with Crippen molar-refractivity contribution < 1.29 is 32.0 Å². The Bertz CT molecular complexity index is 587. The number of carbonyl (C=O) groups is 1. The van der Waals surface area contributed by atoms with Gasteiger partial charge in [-0.15, -0.1) is 0 Å². The first-order valence-corrected chi connectivity index (χ1v) is 8.01. The van der Waals surface area contributed by atoms with Crippen LogP contribution in [0.3, 0.4) is 0 Å². The van der Waals surface area contributed by atoms with Gasteiger partial charge in [-0.25, -0.2) is 4.79 Å². The fourth-order valence-corrected chi connectivity index (χ4v) is 2.25. The van der Waals surface area contributed by atoms with E-state index in [4.69, 9.17) is 9.47 Å². The summed E-state index contributed by atoms with van der Waals surface area (Å²) in [7, 11) is 0. The topological polar surface area (TPSA) is 52.1 Å². The molecule has 4 nitrogen and oxygen atoms in total. The lowest BCUT2D eigenvalue weighted by Gasteiger charge is -2.07. The molecule has 0 aliphatic heterocycles. The highest BCUT2D eigenvalue weighted by molar-refractivity contribution is 5.71. The summed E-state index contributed by atoms with van der Waals surface area (Å²) in [6, 6.07) is 18.3. The van der Waals surface area contributed by atoms with Crippen LogP contribution < -0.4 is 22.5 Å². The van der Waals surface area contributed by atoms with Crippen LogP contribution in [0.5, 0.6) is 5.75 Å². The summed E-state index contributed by atoms with van der Waals surface area (Å²) in [5.74, 6) is 0.349. The van der Waals surface area contributed by atoms with Gasteiger partial charge in [0, 0.05) is 12.0 Å². The van der Waals surface area contributed by atoms with Crippen LogP contribution in [-0.4, -0.2) is 25.7 Å². The molecule has 5 heteroatoms. The number of benzene rings is 2. The highest BCUT2D eigenvalue weighted by atomic mass is 35.5. The third kappa shape index (κ3) is 7.49. The molecule has 2 N–H and O–H groups in total. The van der Waals surface area contributed by atoms with Gasteiger partial charge in [0.05, 0.1) is 13.2 Å². The Hall–Kier alpha value is -2.04. The molecule has 0 saturated heterocycles. The molecule has 0 aromatic heterocycles.